The van der Waals surface area contributed by atoms with E-state index in [0.29, 0.717) is 34.9 Å². The highest BCUT2D eigenvalue weighted by Gasteiger charge is 2.21. The molecule has 0 radical (unpaired) electrons. The first-order chi connectivity index (χ1) is 33.7. The zero-order valence-electron chi connectivity index (χ0n) is 36.5. The van der Waals surface area contributed by atoms with Crippen LogP contribution in [0.2, 0.25) is 0 Å². The maximum Gasteiger partial charge on any atom is 0.164 e. The minimum Gasteiger partial charge on any atom is -0.309 e. The molecule has 0 spiro atoms. The fourth-order valence-corrected chi connectivity index (χ4v) is 9.47. The lowest BCUT2D eigenvalue weighted by Crippen LogP contribution is -2.00. The molecule has 0 atom stereocenters. The normalized spacial score (nSPS) is 11.5. The predicted molar refractivity (Wildman–Crippen MR) is 275 cm³/mol. The van der Waals surface area contributed by atoms with Gasteiger partial charge in [0.15, 0.2) is 34.9 Å². The number of fused-ring (bicyclic) bond motifs is 7. The third-order valence-corrected chi connectivity index (χ3v) is 12.6. The lowest BCUT2D eigenvalue weighted by atomic mass is 10.1. The molecule has 4 heterocycles. The van der Waals surface area contributed by atoms with E-state index in [1.54, 1.807) is 0 Å². The largest absolute Gasteiger partial charge is 0.309 e. The molecular formula is C60H38N8. The van der Waals surface area contributed by atoms with Gasteiger partial charge in [0.1, 0.15) is 0 Å². The van der Waals surface area contributed by atoms with Gasteiger partial charge in [-0.3, -0.25) is 0 Å². The Kier molecular flexibility index (Phi) is 9.31. The number of hydrogen-bond acceptors (Lipinski definition) is 6. The van der Waals surface area contributed by atoms with Crippen LogP contribution in [0.4, 0.5) is 0 Å². The highest BCUT2D eigenvalue weighted by Crippen LogP contribution is 2.42. The molecule has 0 saturated heterocycles. The number of hydrogen-bond donors (Lipinski definition) is 0. The van der Waals surface area contributed by atoms with E-state index in [4.69, 9.17) is 29.9 Å². The van der Waals surface area contributed by atoms with E-state index in [0.717, 1.165) is 66.8 Å². The van der Waals surface area contributed by atoms with Gasteiger partial charge in [-0.2, -0.15) is 0 Å². The maximum atomic E-state index is 4.99. The summed E-state index contributed by atoms with van der Waals surface area (Å²) in [7, 11) is 0. The third kappa shape index (κ3) is 6.70. The van der Waals surface area contributed by atoms with Crippen LogP contribution < -0.4 is 0 Å². The quantitative estimate of drug-likeness (QED) is 0.151. The van der Waals surface area contributed by atoms with Crippen LogP contribution >= 0.6 is 0 Å². The van der Waals surface area contributed by atoms with Crippen molar-refractivity contribution in [2.24, 2.45) is 0 Å². The molecule has 0 saturated carbocycles. The van der Waals surface area contributed by atoms with Crippen molar-refractivity contribution in [3.63, 3.8) is 0 Å². The molecular weight excluding hydrogens is 833 g/mol. The Morgan fingerprint density at radius 1 is 0.206 bits per heavy atom. The Hall–Kier alpha value is -9.40. The van der Waals surface area contributed by atoms with Crippen molar-refractivity contribution >= 4 is 43.6 Å². The summed E-state index contributed by atoms with van der Waals surface area (Å²) in [4.78, 5) is 29.8. The van der Waals surface area contributed by atoms with Crippen LogP contribution in [0.25, 0.3) is 123 Å². The summed E-state index contributed by atoms with van der Waals surface area (Å²) in [6.07, 6.45) is 0. The SMILES string of the molecule is c1ccc(-c2nc(-c3ccccc3)nc(-c3ccc(-n4c5ccccc5c5c6c7ccccc7n(-c7ccc(-c8nc(-c9ccccc9)nc(-c9ccccc9)n8)cc7)c6ccc54)cc3)n2)cc1. The van der Waals surface area contributed by atoms with Crippen LogP contribution in [-0.4, -0.2) is 39.0 Å². The van der Waals surface area contributed by atoms with Gasteiger partial charge in [0.05, 0.1) is 22.1 Å². The molecule has 0 amide bonds. The summed E-state index contributed by atoms with van der Waals surface area (Å²) >= 11 is 0. The van der Waals surface area contributed by atoms with Crippen molar-refractivity contribution < 1.29 is 0 Å². The molecule has 0 aliphatic rings. The van der Waals surface area contributed by atoms with E-state index in [1.807, 2.05) is 121 Å². The fraction of sp³-hybridized carbons (Fsp3) is 0. The molecule has 0 unspecified atom stereocenters. The molecule has 0 fully saturated rings. The molecule has 4 aromatic heterocycles. The van der Waals surface area contributed by atoms with Gasteiger partial charge in [-0.25, -0.2) is 29.9 Å². The fourth-order valence-electron chi connectivity index (χ4n) is 9.47. The highest BCUT2D eigenvalue weighted by atomic mass is 15.0. The Morgan fingerprint density at radius 3 is 0.750 bits per heavy atom. The van der Waals surface area contributed by atoms with E-state index in [2.05, 4.69) is 118 Å². The average Bonchev–Trinajstić information content (AvgIpc) is 3.94. The lowest BCUT2D eigenvalue weighted by Gasteiger charge is -2.11. The van der Waals surface area contributed by atoms with Crippen molar-refractivity contribution in [1.29, 1.82) is 0 Å². The van der Waals surface area contributed by atoms with Gasteiger partial charge in [-0.15, -0.1) is 0 Å². The first-order valence-corrected chi connectivity index (χ1v) is 22.6. The molecule has 13 rings (SSSR count). The Balaban J connectivity index is 0.923. The second-order valence-corrected chi connectivity index (χ2v) is 16.7. The van der Waals surface area contributed by atoms with Crippen LogP contribution in [0, 0.1) is 0 Å². The van der Waals surface area contributed by atoms with Crippen LogP contribution in [0.3, 0.4) is 0 Å². The number of nitrogens with zero attached hydrogens (tertiary/aromatic N) is 8. The smallest absolute Gasteiger partial charge is 0.164 e. The summed E-state index contributed by atoms with van der Waals surface area (Å²) in [6.45, 7) is 0. The first-order valence-electron chi connectivity index (χ1n) is 22.6. The first kappa shape index (κ1) is 39.0. The number of rotatable bonds is 8. The maximum absolute atomic E-state index is 4.99. The van der Waals surface area contributed by atoms with Gasteiger partial charge in [0, 0.05) is 66.3 Å². The molecule has 0 N–H and O–H groups in total. The summed E-state index contributed by atoms with van der Waals surface area (Å²) in [5.74, 6) is 3.79. The number of benzene rings is 9. The summed E-state index contributed by atoms with van der Waals surface area (Å²) in [5.41, 5.74) is 12.2. The van der Waals surface area contributed by atoms with Gasteiger partial charge < -0.3 is 9.13 Å². The van der Waals surface area contributed by atoms with E-state index in [1.165, 1.54) is 21.5 Å². The monoisotopic (exact) mass is 870 g/mol. The topological polar surface area (TPSA) is 87.2 Å². The van der Waals surface area contributed by atoms with Crippen molar-refractivity contribution in [1.82, 2.24) is 39.0 Å². The van der Waals surface area contributed by atoms with Gasteiger partial charge in [-0.05, 0) is 72.8 Å². The lowest BCUT2D eigenvalue weighted by molar-refractivity contribution is 1.07. The van der Waals surface area contributed by atoms with E-state index in [-0.39, 0.29) is 0 Å². The minimum absolute atomic E-state index is 0.621. The molecule has 0 aliphatic heterocycles. The van der Waals surface area contributed by atoms with Crippen molar-refractivity contribution in [2.45, 2.75) is 0 Å². The average molecular weight is 871 g/mol. The van der Waals surface area contributed by atoms with Crippen molar-refractivity contribution in [2.75, 3.05) is 0 Å². The molecule has 8 nitrogen and oxygen atoms in total. The minimum atomic E-state index is 0.621. The molecule has 0 bridgehead atoms. The second-order valence-electron chi connectivity index (χ2n) is 16.7. The van der Waals surface area contributed by atoms with Crippen molar-refractivity contribution in [3.05, 3.63) is 231 Å². The van der Waals surface area contributed by atoms with Crippen LogP contribution in [0.5, 0.6) is 0 Å². The van der Waals surface area contributed by atoms with Gasteiger partial charge >= 0.3 is 0 Å². The van der Waals surface area contributed by atoms with Gasteiger partial charge in [0.25, 0.3) is 0 Å². The summed E-state index contributed by atoms with van der Waals surface area (Å²) in [6, 6.07) is 79.4. The molecule has 0 aliphatic carbocycles. The zero-order chi connectivity index (χ0) is 45.0. The van der Waals surface area contributed by atoms with E-state index >= 15 is 0 Å². The van der Waals surface area contributed by atoms with Gasteiger partial charge in [-0.1, -0.05) is 158 Å². The van der Waals surface area contributed by atoms with E-state index in [9.17, 15) is 0 Å². The molecule has 8 heteroatoms. The van der Waals surface area contributed by atoms with Crippen LogP contribution in [0.1, 0.15) is 0 Å². The molecule has 318 valence electrons. The molecule has 68 heavy (non-hydrogen) atoms. The molecule has 9 aromatic carbocycles. The number of para-hydroxylation sites is 2. The highest BCUT2D eigenvalue weighted by molar-refractivity contribution is 6.28. The second kappa shape index (κ2) is 16.2. The van der Waals surface area contributed by atoms with E-state index < -0.39 is 0 Å². The van der Waals surface area contributed by atoms with Crippen LogP contribution in [-0.2, 0) is 0 Å². The van der Waals surface area contributed by atoms with Gasteiger partial charge in [0.2, 0.25) is 0 Å². The molecule has 13 aromatic rings. The summed E-state index contributed by atoms with van der Waals surface area (Å²) < 4.78 is 4.74. The standard InChI is InChI=1S/C60H38N8/c1-5-17-39(18-6-1)55-61-56(40-19-7-2-8-20-40)64-59(63-55)43-29-33-45(34-30-43)67-49-27-15-13-25-47(49)53-51(67)37-38-52-54(53)48-26-14-16-28-50(48)68(52)46-35-31-44(32-36-46)60-65-57(41-21-9-3-10-22-41)62-58(66-60)42-23-11-4-12-24-42/h1-38H. The Labute approximate surface area is 391 Å². The Bertz CT molecular complexity index is 3600. The van der Waals surface area contributed by atoms with Crippen molar-refractivity contribution in [3.8, 4) is 79.7 Å². The Morgan fingerprint density at radius 2 is 0.456 bits per heavy atom. The predicted octanol–water partition coefficient (Wildman–Crippen LogP) is 14.3. The van der Waals surface area contributed by atoms with Crippen LogP contribution in [0.15, 0.2) is 231 Å². The summed E-state index contributed by atoms with van der Waals surface area (Å²) in [5, 5.41) is 4.79. The third-order valence-electron chi connectivity index (χ3n) is 12.6. The zero-order valence-corrected chi connectivity index (χ0v) is 36.5. The number of aromatic nitrogens is 8.